The van der Waals surface area contributed by atoms with Gasteiger partial charge in [0.1, 0.15) is 0 Å². The molecule has 13 heavy (non-hydrogen) atoms. The summed E-state index contributed by atoms with van der Waals surface area (Å²) in [4.78, 5) is 0. The van der Waals surface area contributed by atoms with Crippen molar-refractivity contribution in [3.63, 3.8) is 0 Å². The lowest BCUT2D eigenvalue weighted by molar-refractivity contribution is 0.133. The molecule has 0 spiro atoms. The largest absolute Gasteiger partial charge is 0.380 e. The number of nitrogens with two attached hydrogens (primary N) is 1. The van der Waals surface area contributed by atoms with Crippen LogP contribution in [0.25, 0.3) is 0 Å². The fourth-order valence-electron chi connectivity index (χ4n) is 1.11. The molecule has 2 N–H and O–H groups in total. The second-order valence-electron chi connectivity index (χ2n) is 2.79. The van der Waals surface area contributed by atoms with Crippen LogP contribution in [-0.4, -0.2) is 13.2 Å². The highest BCUT2D eigenvalue weighted by atomic mass is 79.9. The molecule has 1 atom stereocenters. The Morgan fingerprint density at radius 3 is 2.77 bits per heavy atom. The molecule has 1 aromatic rings. The first-order valence-corrected chi connectivity index (χ1v) is 5.12. The number of hydrogen-bond acceptors (Lipinski definition) is 2. The van der Waals surface area contributed by atoms with Crippen molar-refractivity contribution < 1.29 is 4.74 Å². The molecule has 2 nitrogen and oxygen atoms in total. The summed E-state index contributed by atoms with van der Waals surface area (Å²) in [5, 5.41) is 0. The molecule has 0 amide bonds. The van der Waals surface area contributed by atoms with E-state index in [2.05, 4.69) is 15.9 Å². The molecule has 0 aliphatic heterocycles. The lowest BCUT2D eigenvalue weighted by Gasteiger charge is -2.13. The van der Waals surface area contributed by atoms with Gasteiger partial charge in [0.05, 0.1) is 12.6 Å². The zero-order chi connectivity index (χ0) is 9.68. The predicted octanol–water partition coefficient (Wildman–Crippen LogP) is 2.49. The van der Waals surface area contributed by atoms with Gasteiger partial charge in [-0.3, -0.25) is 0 Å². The van der Waals surface area contributed by atoms with E-state index in [9.17, 15) is 0 Å². The van der Waals surface area contributed by atoms with Gasteiger partial charge in [-0.2, -0.15) is 0 Å². The fraction of sp³-hybridized carbons (Fsp3) is 0.400. The van der Waals surface area contributed by atoms with Gasteiger partial charge in [0, 0.05) is 11.1 Å². The quantitative estimate of drug-likeness (QED) is 0.883. The van der Waals surface area contributed by atoms with E-state index >= 15 is 0 Å². The van der Waals surface area contributed by atoms with Crippen LogP contribution in [0.4, 0.5) is 0 Å². The van der Waals surface area contributed by atoms with E-state index < -0.39 is 0 Å². The number of halogens is 1. The van der Waals surface area contributed by atoms with Gasteiger partial charge in [-0.05, 0) is 18.6 Å². The minimum Gasteiger partial charge on any atom is -0.380 e. The molecule has 0 aliphatic carbocycles. The van der Waals surface area contributed by atoms with Gasteiger partial charge in [-0.15, -0.1) is 0 Å². The minimum absolute atomic E-state index is 0.0458. The average Bonchev–Trinajstić information content (AvgIpc) is 2.15. The van der Waals surface area contributed by atoms with Crippen LogP contribution in [0.2, 0.25) is 0 Å². The summed E-state index contributed by atoms with van der Waals surface area (Å²) in [6.07, 6.45) is 0. The molecule has 1 rings (SSSR count). The van der Waals surface area contributed by atoms with Gasteiger partial charge in [-0.1, -0.05) is 34.1 Å². The Morgan fingerprint density at radius 1 is 1.46 bits per heavy atom. The Labute approximate surface area is 87.2 Å². The van der Waals surface area contributed by atoms with E-state index in [1.165, 1.54) is 0 Å². The average molecular weight is 244 g/mol. The van der Waals surface area contributed by atoms with E-state index in [0.717, 1.165) is 10.0 Å². The van der Waals surface area contributed by atoms with Gasteiger partial charge in [0.15, 0.2) is 0 Å². The predicted molar refractivity (Wildman–Crippen MR) is 57.6 cm³/mol. The van der Waals surface area contributed by atoms with Crippen LogP contribution < -0.4 is 5.73 Å². The molecule has 72 valence electrons. The molecule has 1 unspecified atom stereocenters. The standard InChI is InChI=1S/C10H14BrNO/c1-2-13-7-10(12)8-5-3-4-6-9(8)11/h3-6,10H,2,7,12H2,1H3. The second kappa shape index (κ2) is 5.37. The van der Waals surface area contributed by atoms with E-state index in [-0.39, 0.29) is 6.04 Å². The van der Waals surface area contributed by atoms with Crippen LogP contribution in [0.1, 0.15) is 18.5 Å². The van der Waals surface area contributed by atoms with Crippen LogP contribution in [0.5, 0.6) is 0 Å². The van der Waals surface area contributed by atoms with E-state index in [1.54, 1.807) is 0 Å². The molecule has 0 saturated heterocycles. The maximum atomic E-state index is 5.93. The molecule has 0 bridgehead atoms. The molecule has 1 aromatic carbocycles. The molecular weight excluding hydrogens is 230 g/mol. The first-order chi connectivity index (χ1) is 6.25. The normalized spacial score (nSPS) is 12.8. The molecule has 0 fully saturated rings. The molecule has 0 aliphatic rings. The topological polar surface area (TPSA) is 35.2 Å². The molecular formula is C10H14BrNO. The van der Waals surface area contributed by atoms with Crippen molar-refractivity contribution in [2.24, 2.45) is 5.73 Å². The van der Waals surface area contributed by atoms with Crippen LogP contribution in [0.3, 0.4) is 0 Å². The summed E-state index contributed by atoms with van der Waals surface area (Å²) in [6, 6.07) is 7.90. The summed E-state index contributed by atoms with van der Waals surface area (Å²) in [7, 11) is 0. The smallest absolute Gasteiger partial charge is 0.0659 e. The second-order valence-corrected chi connectivity index (χ2v) is 3.64. The van der Waals surface area contributed by atoms with Crippen LogP contribution in [0, 0.1) is 0 Å². The Bertz CT molecular complexity index is 265. The first-order valence-electron chi connectivity index (χ1n) is 4.33. The Balaban J connectivity index is 2.65. The van der Waals surface area contributed by atoms with Crippen molar-refractivity contribution in [1.29, 1.82) is 0 Å². The fourth-order valence-corrected chi connectivity index (χ4v) is 1.69. The zero-order valence-corrected chi connectivity index (χ0v) is 9.25. The van der Waals surface area contributed by atoms with Gasteiger partial charge >= 0.3 is 0 Å². The summed E-state index contributed by atoms with van der Waals surface area (Å²) in [6.45, 7) is 3.24. The van der Waals surface area contributed by atoms with Crippen LogP contribution >= 0.6 is 15.9 Å². The summed E-state index contributed by atoms with van der Waals surface area (Å²) >= 11 is 3.45. The number of hydrogen-bond donors (Lipinski definition) is 1. The third kappa shape index (κ3) is 3.10. The molecule has 0 heterocycles. The summed E-state index contributed by atoms with van der Waals surface area (Å²) in [5.41, 5.74) is 7.02. The third-order valence-electron chi connectivity index (χ3n) is 1.81. The van der Waals surface area contributed by atoms with Crippen molar-refractivity contribution in [3.8, 4) is 0 Å². The summed E-state index contributed by atoms with van der Waals surface area (Å²) < 4.78 is 6.30. The van der Waals surface area contributed by atoms with Crippen molar-refractivity contribution in [3.05, 3.63) is 34.3 Å². The SMILES string of the molecule is CCOCC(N)c1ccccc1Br. The Morgan fingerprint density at radius 2 is 2.15 bits per heavy atom. The number of benzene rings is 1. The number of rotatable bonds is 4. The van der Waals surface area contributed by atoms with E-state index in [0.29, 0.717) is 13.2 Å². The molecule has 0 radical (unpaired) electrons. The highest BCUT2D eigenvalue weighted by Crippen LogP contribution is 2.21. The van der Waals surface area contributed by atoms with Crippen molar-refractivity contribution in [1.82, 2.24) is 0 Å². The lowest BCUT2D eigenvalue weighted by atomic mass is 10.1. The van der Waals surface area contributed by atoms with Crippen molar-refractivity contribution >= 4 is 15.9 Å². The lowest BCUT2D eigenvalue weighted by Crippen LogP contribution is -2.17. The highest BCUT2D eigenvalue weighted by molar-refractivity contribution is 9.10. The minimum atomic E-state index is -0.0458. The van der Waals surface area contributed by atoms with Gasteiger partial charge in [0.2, 0.25) is 0 Å². The number of ether oxygens (including phenoxy) is 1. The highest BCUT2D eigenvalue weighted by Gasteiger charge is 2.08. The van der Waals surface area contributed by atoms with Crippen molar-refractivity contribution in [2.75, 3.05) is 13.2 Å². The maximum Gasteiger partial charge on any atom is 0.0659 e. The first kappa shape index (κ1) is 10.7. The van der Waals surface area contributed by atoms with Gasteiger partial charge in [-0.25, -0.2) is 0 Å². The molecule has 0 saturated carbocycles. The Kier molecular flexibility index (Phi) is 4.42. The van der Waals surface area contributed by atoms with Gasteiger partial charge in [0.25, 0.3) is 0 Å². The third-order valence-corrected chi connectivity index (χ3v) is 2.53. The van der Waals surface area contributed by atoms with Crippen LogP contribution in [-0.2, 0) is 4.74 Å². The van der Waals surface area contributed by atoms with Crippen molar-refractivity contribution in [2.45, 2.75) is 13.0 Å². The summed E-state index contributed by atoms with van der Waals surface area (Å²) in [5.74, 6) is 0. The zero-order valence-electron chi connectivity index (χ0n) is 7.66. The molecule has 0 aromatic heterocycles. The molecule has 3 heteroatoms. The maximum absolute atomic E-state index is 5.93. The van der Waals surface area contributed by atoms with E-state index in [4.69, 9.17) is 10.5 Å². The monoisotopic (exact) mass is 243 g/mol. The van der Waals surface area contributed by atoms with Crippen LogP contribution in [0.15, 0.2) is 28.7 Å². The Hall–Kier alpha value is -0.380. The van der Waals surface area contributed by atoms with Gasteiger partial charge < -0.3 is 10.5 Å². The van der Waals surface area contributed by atoms with E-state index in [1.807, 2.05) is 31.2 Å².